The predicted molar refractivity (Wildman–Crippen MR) is 128 cm³/mol. The van der Waals surface area contributed by atoms with E-state index in [9.17, 15) is 9.59 Å². The molecule has 2 aromatic carbocycles. The van der Waals surface area contributed by atoms with Crippen LogP contribution < -0.4 is 10.2 Å². The second-order valence-corrected chi connectivity index (χ2v) is 8.84. The average Bonchev–Trinajstić information content (AvgIpc) is 3.42. The molecule has 0 aliphatic rings. The number of Topliss-reactive ketones (excluding diaryl/α,β-unsaturated/α-hetero) is 1. The number of rotatable bonds is 7. The Morgan fingerprint density at radius 3 is 2.39 bits per heavy atom. The maximum Gasteiger partial charge on any atom is 0.261 e. The number of fused-ring (bicyclic) bond motifs is 1. The number of benzene rings is 2. The summed E-state index contributed by atoms with van der Waals surface area (Å²) in [6.45, 7) is 1.97. The molecule has 0 bridgehead atoms. The monoisotopic (exact) mass is 431 g/mol. The van der Waals surface area contributed by atoms with Gasteiger partial charge in [0.1, 0.15) is 0 Å². The molecular formula is C25H25N3O2S. The highest BCUT2D eigenvalue weighted by atomic mass is 32.1. The first-order valence-corrected chi connectivity index (χ1v) is 11.0. The summed E-state index contributed by atoms with van der Waals surface area (Å²) in [6, 6.07) is 20.0. The van der Waals surface area contributed by atoms with Gasteiger partial charge in [-0.15, -0.1) is 11.3 Å². The maximum atomic E-state index is 12.8. The third-order valence-electron chi connectivity index (χ3n) is 5.45. The largest absolute Gasteiger partial charge is 0.378 e. The van der Waals surface area contributed by atoms with Gasteiger partial charge in [-0.1, -0.05) is 30.3 Å². The first-order valence-electron chi connectivity index (χ1n) is 10.2. The summed E-state index contributed by atoms with van der Waals surface area (Å²) in [5.74, 6) is -0.197. The number of nitrogens with one attached hydrogen (secondary N) is 2. The van der Waals surface area contributed by atoms with E-state index in [4.69, 9.17) is 0 Å². The molecule has 158 valence electrons. The van der Waals surface area contributed by atoms with Crippen molar-refractivity contribution in [1.82, 2.24) is 10.3 Å². The predicted octanol–water partition coefficient (Wildman–Crippen LogP) is 5.06. The number of para-hydroxylation sites is 1. The standard InChI is InChI=1S/C25H25N3O2S/c1-16(29)23-12-13-24(31-23)25(30)27-14-20(17-8-10-18(11-9-17)28(2)3)21-15-26-22-7-5-4-6-19(21)22/h4-13,15,20,26H,14H2,1-3H3,(H,27,30)/t20-/m0/s1. The Hall–Kier alpha value is -3.38. The molecule has 1 amide bonds. The molecule has 5 nitrogen and oxygen atoms in total. The molecule has 4 aromatic rings. The zero-order valence-corrected chi connectivity index (χ0v) is 18.6. The zero-order valence-electron chi connectivity index (χ0n) is 17.8. The SMILES string of the molecule is CC(=O)c1ccc(C(=O)NC[C@@H](c2ccc(N(C)C)cc2)c2c[nH]c3ccccc23)s1. The van der Waals surface area contributed by atoms with Gasteiger partial charge in [0.15, 0.2) is 5.78 Å². The lowest BCUT2D eigenvalue weighted by molar-refractivity contribution is 0.0955. The van der Waals surface area contributed by atoms with Gasteiger partial charge < -0.3 is 15.2 Å². The fourth-order valence-corrected chi connectivity index (χ4v) is 4.54. The van der Waals surface area contributed by atoms with Crippen molar-refractivity contribution in [2.24, 2.45) is 0 Å². The summed E-state index contributed by atoms with van der Waals surface area (Å²) >= 11 is 1.23. The number of ketones is 1. The summed E-state index contributed by atoms with van der Waals surface area (Å²) in [4.78, 5) is 30.9. The quantitative estimate of drug-likeness (QED) is 0.402. The fourth-order valence-electron chi connectivity index (χ4n) is 3.73. The number of aromatic amines is 1. The van der Waals surface area contributed by atoms with Crippen molar-refractivity contribution in [3.63, 3.8) is 0 Å². The highest BCUT2D eigenvalue weighted by Gasteiger charge is 2.20. The number of aromatic nitrogens is 1. The van der Waals surface area contributed by atoms with Crippen LogP contribution in [0.5, 0.6) is 0 Å². The van der Waals surface area contributed by atoms with E-state index >= 15 is 0 Å². The van der Waals surface area contributed by atoms with E-state index < -0.39 is 0 Å². The normalized spacial score (nSPS) is 12.0. The minimum atomic E-state index is -0.160. The maximum absolute atomic E-state index is 12.8. The lowest BCUT2D eigenvalue weighted by Gasteiger charge is -2.20. The van der Waals surface area contributed by atoms with Crippen molar-refractivity contribution >= 4 is 39.6 Å². The van der Waals surface area contributed by atoms with Crippen molar-refractivity contribution in [2.75, 3.05) is 25.5 Å². The van der Waals surface area contributed by atoms with Crippen molar-refractivity contribution in [3.8, 4) is 0 Å². The van der Waals surface area contributed by atoms with Gasteiger partial charge >= 0.3 is 0 Å². The molecular weight excluding hydrogens is 406 g/mol. The number of H-pyrrole nitrogens is 1. The molecule has 2 heterocycles. The second-order valence-electron chi connectivity index (χ2n) is 7.76. The number of anilines is 1. The number of carbonyl (C=O) groups is 2. The van der Waals surface area contributed by atoms with E-state index in [1.165, 1.54) is 18.3 Å². The number of thiophene rings is 1. The smallest absolute Gasteiger partial charge is 0.261 e. The van der Waals surface area contributed by atoms with E-state index in [-0.39, 0.29) is 17.6 Å². The number of carbonyl (C=O) groups excluding carboxylic acids is 2. The minimum absolute atomic E-state index is 0.0106. The number of nitrogens with zero attached hydrogens (tertiary/aromatic N) is 1. The van der Waals surface area contributed by atoms with Crippen LogP contribution in [0.15, 0.2) is 66.9 Å². The molecule has 0 spiro atoms. The lowest BCUT2D eigenvalue weighted by atomic mass is 9.90. The number of hydrogen-bond donors (Lipinski definition) is 2. The molecule has 0 aliphatic carbocycles. The Morgan fingerprint density at radius 1 is 1.00 bits per heavy atom. The summed E-state index contributed by atoms with van der Waals surface area (Å²) in [5.41, 5.74) is 4.47. The molecule has 4 rings (SSSR count). The molecule has 2 N–H and O–H groups in total. The molecule has 6 heteroatoms. The molecule has 0 radical (unpaired) electrons. The molecule has 0 fully saturated rings. The van der Waals surface area contributed by atoms with E-state index in [0.717, 1.165) is 27.7 Å². The van der Waals surface area contributed by atoms with Crippen LogP contribution in [0.25, 0.3) is 10.9 Å². The Kier molecular flexibility index (Phi) is 5.91. The molecule has 0 saturated carbocycles. The Morgan fingerprint density at radius 2 is 1.71 bits per heavy atom. The first kappa shape index (κ1) is 20.9. The van der Waals surface area contributed by atoms with Gasteiger partial charge in [0.2, 0.25) is 0 Å². The van der Waals surface area contributed by atoms with E-state index in [2.05, 4.69) is 51.6 Å². The van der Waals surface area contributed by atoms with Crippen LogP contribution in [-0.4, -0.2) is 37.3 Å². The molecule has 2 aromatic heterocycles. The van der Waals surface area contributed by atoms with Crippen molar-refractivity contribution in [2.45, 2.75) is 12.8 Å². The number of amides is 1. The summed E-state index contributed by atoms with van der Waals surface area (Å²) < 4.78 is 0. The fraction of sp³-hybridized carbons (Fsp3) is 0.200. The zero-order chi connectivity index (χ0) is 22.0. The third-order valence-corrected chi connectivity index (χ3v) is 6.64. The molecule has 1 atom stereocenters. The molecule has 31 heavy (non-hydrogen) atoms. The van der Waals surface area contributed by atoms with Gasteiger partial charge in [0, 0.05) is 49.3 Å². The van der Waals surface area contributed by atoms with Gasteiger partial charge in [0.05, 0.1) is 9.75 Å². The van der Waals surface area contributed by atoms with Crippen LogP contribution in [0, 0.1) is 0 Å². The third kappa shape index (κ3) is 4.39. The molecule has 0 aliphatic heterocycles. The van der Waals surface area contributed by atoms with Crippen LogP contribution >= 0.6 is 11.3 Å². The Bertz CT molecular complexity index is 1220. The van der Waals surface area contributed by atoms with Gasteiger partial charge in [0.25, 0.3) is 5.91 Å². The average molecular weight is 432 g/mol. The van der Waals surface area contributed by atoms with Gasteiger partial charge in [-0.05, 0) is 48.4 Å². The second kappa shape index (κ2) is 8.78. The van der Waals surface area contributed by atoms with E-state index in [1.54, 1.807) is 12.1 Å². The summed E-state index contributed by atoms with van der Waals surface area (Å²) in [6.07, 6.45) is 2.03. The summed E-state index contributed by atoms with van der Waals surface area (Å²) in [5, 5.41) is 4.22. The van der Waals surface area contributed by atoms with Gasteiger partial charge in [-0.25, -0.2) is 0 Å². The van der Waals surface area contributed by atoms with Crippen molar-refractivity contribution < 1.29 is 9.59 Å². The van der Waals surface area contributed by atoms with E-state index in [0.29, 0.717) is 16.3 Å². The number of hydrogen-bond acceptors (Lipinski definition) is 4. The topological polar surface area (TPSA) is 65.2 Å². The Balaban J connectivity index is 1.63. The Labute approximate surface area is 185 Å². The van der Waals surface area contributed by atoms with Crippen LogP contribution in [0.4, 0.5) is 5.69 Å². The van der Waals surface area contributed by atoms with Crippen molar-refractivity contribution in [3.05, 3.63) is 87.7 Å². The van der Waals surface area contributed by atoms with Crippen LogP contribution in [0.3, 0.4) is 0 Å². The van der Waals surface area contributed by atoms with Crippen molar-refractivity contribution in [1.29, 1.82) is 0 Å². The molecule has 0 unspecified atom stereocenters. The highest BCUT2D eigenvalue weighted by Crippen LogP contribution is 2.31. The van der Waals surface area contributed by atoms with Crippen LogP contribution in [0.2, 0.25) is 0 Å². The highest BCUT2D eigenvalue weighted by molar-refractivity contribution is 7.15. The lowest BCUT2D eigenvalue weighted by Crippen LogP contribution is -2.28. The van der Waals surface area contributed by atoms with Crippen LogP contribution in [0.1, 0.15) is 43.3 Å². The van der Waals surface area contributed by atoms with E-state index in [1.807, 2.05) is 32.4 Å². The minimum Gasteiger partial charge on any atom is -0.378 e. The van der Waals surface area contributed by atoms with Gasteiger partial charge in [-0.2, -0.15) is 0 Å². The summed E-state index contributed by atoms with van der Waals surface area (Å²) in [7, 11) is 4.03. The first-order chi connectivity index (χ1) is 14.9. The molecule has 0 saturated heterocycles. The van der Waals surface area contributed by atoms with Crippen LogP contribution in [-0.2, 0) is 0 Å². The van der Waals surface area contributed by atoms with Gasteiger partial charge in [-0.3, -0.25) is 9.59 Å².